The number of carbonyl (C=O) groups excluding carboxylic acids is 1. The average Bonchev–Trinajstić information content (AvgIpc) is 2.54. The van der Waals surface area contributed by atoms with Gasteiger partial charge in [0.1, 0.15) is 0 Å². The minimum Gasteiger partial charge on any atom is -0.342 e. The van der Waals surface area contributed by atoms with E-state index in [4.69, 9.17) is 11.0 Å². The summed E-state index contributed by atoms with van der Waals surface area (Å²) in [6.07, 6.45) is 5.67. The van der Waals surface area contributed by atoms with Gasteiger partial charge in [-0.2, -0.15) is 5.26 Å². The zero-order chi connectivity index (χ0) is 12.7. The van der Waals surface area contributed by atoms with Crippen LogP contribution in [0.2, 0.25) is 0 Å². The number of nitriles is 1. The quantitative estimate of drug-likeness (QED) is 0.756. The fourth-order valence-electron chi connectivity index (χ4n) is 2.49. The minimum absolute atomic E-state index is 0.00105. The molecule has 0 aromatic heterocycles. The van der Waals surface area contributed by atoms with Gasteiger partial charge >= 0.3 is 0 Å². The largest absolute Gasteiger partial charge is 0.342 e. The number of nitrogens with two attached hydrogens (primary N) is 1. The predicted octanol–water partition coefficient (Wildman–Crippen LogP) is 1.66. The number of rotatable bonds is 4. The third kappa shape index (κ3) is 4.01. The van der Waals surface area contributed by atoms with Crippen molar-refractivity contribution in [3.8, 4) is 6.07 Å². The molecule has 0 aliphatic heterocycles. The van der Waals surface area contributed by atoms with E-state index < -0.39 is 0 Å². The van der Waals surface area contributed by atoms with Gasteiger partial charge in [0.25, 0.3) is 0 Å². The van der Waals surface area contributed by atoms with E-state index in [1.165, 1.54) is 6.42 Å². The Balaban J connectivity index is 2.61. The highest BCUT2D eigenvalue weighted by atomic mass is 16.2. The lowest BCUT2D eigenvalue weighted by Crippen LogP contribution is -2.44. The normalized spacial score (nSPS) is 24.8. The standard InChI is InChI=1S/C13H23N3O/c1-2-16(10-6-9-14)13(17)11-7-4-3-5-8-12(11)15/h11-12H,2-8,10,15H2,1H3. The summed E-state index contributed by atoms with van der Waals surface area (Å²) in [5.74, 6) is 0.119. The molecular weight excluding hydrogens is 214 g/mol. The Morgan fingerprint density at radius 2 is 2.12 bits per heavy atom. The SMILES string of the molecule is CCN(CCC#N)C(=O)C1CCCCCC1N. The Kier molecular flexibility index (Phi) is 5.99. The average molecular weight is 237 g/mol. The van der Waals surface area contributed by atoms with Crippen LogP contribution in [0.4, 0.5) is 0 Å². The van der Waals surface area contributed by atoms with Gasteiger partial charge in [0.15, 0.2) is 0 Å². The molecule has 0 spiro atoms. The van der Waals surface area contributed by atoms with Crippen molar-refractivity contribution in [2.75, 3.05) is 13.1 Å². The van der Waals surface area contributed by atoms with Crippen molar-refractivity contribution < 1.29 is 4.79 Å². The van der Waals surface area contributed by atoms with Crippen molar-refractivity contribution in [1.82, 2.24) is 4.90 Å². The molecule has 0 radical (unpaired) electrons. The van der Waals surface area contributed by atoms with Gasteiger partial charge in [0, 0.05) is 19.1 Å². The van der Waals surface area contributed by atoms with Crippen LogP contribution in [0, 0.1) is 17.2 Å². The van der Waals surface area contributed by atoms with Crippen LogP contribution in [0.25, 0.3) is 0 Å². The fraction of sp³-hybridized carbons (Fsp3) is 0.846. The molecule has 0 aromatic carbocycles. The van der Waals surface area contributed by atoms with E-state index in [0.29, 0.717) is 19.5 Å². The minimum atomic E-state index is -0.0313. The van der Waals surface area contributed by atoms with Crippen LogP contribution in [0.15, 0.2) is 0 Å². The molecule has 1 aliphatic rings. The highest BCUT2D eigenvalue weighted by Gasteiger charge is 2.29. The van der Waals surface area contributed by atoms with Gasteiger partial charge in [-0.3, -0.25) is 4.79 Å². The number of amides is 1. The summed E-state index contributed by atoms with van der Waals surface area (Å²) in [7, 11) is 0. The third-order valence-corrected chi connectivity index (χ3v) is 3.57. The van der Waals surface area contributed by atoms with E-state index in [2.05, 4.69) is 6.07 Å². The first-order valence-corrected chi connectivity index (χ1v) is 6.62. The van der Waals surface area contributed by atoms with Gasteiger partial charge in [-0.1, -0.05) is 19.3 Å². The molecule has 0 saturated heterocycles. The monoisotopic (exact) mass is 237 g/mol. The fourth-order valence-corrected chi connectivity index (χ4v) is 2.49. The van der Waals surface area contributed by atoms with Gasteiger partial charge in [0.2, 0.25) is 5.91 Å². The zero-order valence-corrected chi connectivity index (χ0v) is 10.7. The first-order chi connectivity index (χ1) is 8.20. The molecule has 2 N–H and O–H groups in total. The van der Waals surface area contributed by atoms with Crippen LogP contribution in [-0.4, -0.2) is 29.9 Å². The lowest BCUT2D eigenvalue weighted by molar-refractivity contribution is -0.136. The molecule has 0 aromatic rings. The summed E-state index contributed by atoms with van der Waals surface area (Å²) in [6, 6.07) is 2.09. The van der Waals surface area contributed by atoms with Crippen LogP contribution in [-0.2, 0) is 4.79 Å². The van der Waals surface area contributed by atoms with Gasteiger partial charge < -0.3 is 10.6 Å². The van der Waals surface area contributed by atoms with Gasteiger partial charge in [-0.25, -0.2) is 0 Å². The molecule has 0 heterocycles. The Morgan fingerprint density at radius 1 is 1.41 bits per heavy atom. The lowest BCUT2D eigenvalue weighted by Gasteiger charge is -2.28. The molecule has 17 heavy (non-hydrogen) atoms. The van der Waals surface area contributed by atoms with E-state index in [0.717, 1.165) is 25.7 Å². The van der Waals surface area contributed by atoms with Crippen molar-refractivity contribution >= 4 is 5.91 Å². The van der Waals surface area contributed by atoms with Crippen LogP contribution >= 0.6 is 0 Å². The molecule has 2 unspecified atom stereocenters. The molecule has 4 heteroatoms. The summed E-state index contributed by atoms with van der Waals surface area (Å²) in [6.45, 7) is 3.16. The second-order valence-electron chi connectivity index (χ2n) is 4.73. The molecule has 96 valence electrons. The predicted molar refractivity (Wildman–Crippen MR) is 67.0 cm³/mol. The van der Waals surface area contributed by atoms with Crippen molar-refractivity contribution in [2.24, 2.45) is 11.7 Å². The molecule has 4 nitrogen and oxygen atoms in total. The zero-order valence-electron chi connectivity index (χ0n) is 10.7. The van der Waals surface area contributed by atoms with Crippen LogP contribution in [0.5, 0.6) is 0 Å². The van der Waals surface area contributed by atoms with Crippen LogP contribution in [0.3, 0.4) is 0 Å². The second kappa shape index (κ2) is 7.29. The Bertz CT molecular complexity index is 285. The number of nitrogens with zero attached hydrogens (tertiary/aromatic N) is 2. The van der Waals surface area contributed by atoms with Crippen molar-refractivity contribution in [2.45, 2.75) is 51.5 Å². The van der Waals surface area contributed by atoms with Gasteiger partial charge in [-0.15, -0.1) is 0 Å². The summed E-state index contributed by atoms with van der Waals surface area (Å²) >= 11 is 0. The van der Waals surface area contributed by atoms with E-state index in [1.807, 2.05) is 6.92 Å². The van der Waals surface area contributed by atoms with E-state index in [1.54, 1.807) is 4.90 Å². The van der Waals surface area contributed by atoms with Crippen LogP contribution in [0.1, 0.15) is 45.4 Å². The molecule has 1 fully saturated rings. The maximum absolute atomic E-state index is 12.3. The molecule has 1 rings (SSSR count). The summed E-state index contributed by atoms with van der Waals surface area (Å²) < 4.78 is 0. The molecule has 1 amide bonds. The van der Waals surface area contributed by atoms with Gasteiger partial charge in [-0.05, 0) is 19.8 Å². The highest BCUT2D eigenvalue weighted by molar-refractivity contribution is 5.79. The van der Waals surface area contributed by atoms with Crippen molar-refractivity contribution in [3.05, 3.63) is 0 Å². The Labute approximate surface area is 104 Å². The Morgan fingerprint density at radius 3 is 2.76 bits per heavy atom. The number of hydrogen-bond acceptors (Lipinski definition) is 3. The maximum Gasteiger partial charge on any atom is 0.227 e. The number of carbonyl (C=O) groups is 1. The third-order valence-electron chi connectivity index (χ3n) is 3.57. The van der Waals surface area contributed by atoms with E-state index in [9.17, 15) is 4.79 Å². The Hall–Kier alpha value is -1.08. The molecular formula is C13H23N3O. The molecule has 0 bridgehead atoms. The smallest absolute Gasteiger partial charge is 0.227 e. The second-order valence-corrected chi connectivity index (χ2v) is 4.73. The maximum atomic E-state index is 12.3. The van der Waals surface area contributed by atoms with E-state index >= 15 is 0 Å². The van der Waals surface area contributed by atoms with Gasteiger partial charge in [0.05, 0.1) is 18.4 Å². The first kappa shape index (κ1) is 14.0. The highest BCUT2D eigenvalue weighted by Crippen LogP contribution is 2.24. The summed E-state index contributed by atoms with van der Waals surface area (Å²) in [4.78, 5) is 14.1. The lowest BCUT2D eigenvalue weighted by atomic mass is 9.94. The molecule has 2 atom stereocenters. The summed E-state index contributed by atoms with van der Waals surface area (Å²) in [5.41, 5.74) is 6.09. The number of hydrogen-bond donors (Lipinski definition) is 1. The molecule has 1 aliphatic carbocycles. The van der Waals surface area contributed by atoms with Crippen molar-refractivity contribution in [3.63, 3.8) is 0 Å². The topological polar surface area (TPSA) is 70.1 Å². The molecule has 1 saturated carbocycles. The van der Waals surface area contributed by atoms with Crippen LogP contribution < -0.4 is 5.73 Å². The van der Waals surface area contributed by atoms with Crippen molar-refractivity contribution in [1.29, 1.82) is 5.26 Å². The summed E-state index contributed by atoms with van der Waals surface area (Å²) in [5, 5.41) is 8.59. The first-order valence-electron chi connectivity index (χ1n) is 6.62. The van der Waals surface area contributed by atoms with E-state index in [-0.39, 0.29) is 17.9 Å².